The predicted molar refractivity (Wildman–Crippen MR) is 139 cm³/mol. The SMILES string of the molecule is Cc1ccc(N2C(=O)C(=Cc3ccc(N(C)C)cc3)C(=O)N(c3ccccc3)C2=S)cc1C. The normalized spacial score (nSPS) is 15.4. The van der Waals surface area contributed by atoms with Gasteiger partial charge in [-0.15, -0.1) is 0 Å². The van der Waals surface area contributed by atoms with E-state index in [-0.39, 0.29) is 10.7 Å². The number of hydrogen-bond acceptors (Lipinski definition) is 4. The minimum Gasteiger partial charge on any atom is -0.378 e. The van der Waals surface area contributed by atoms with Gasteiger partial charge in [0.05, 0.1) is 11.4 Å². The summed E-state index contributed by atoms with van der Waals surface area (Å²) >= 11 is 5.68. The second kappa shape index (κ2) is 9.00. The van der Waals surface area contributed by atoms with Crippen LogP contribution >= 0.6 is 12.2 Å². The smallest absolute Gasteiger partial charge is 0.270 e. The van der Waals surface area contributed by atoms with Gasteiger partial charge in [-0.3, -0.25) is 19.4 Å². The van der Waals surface area contributed by atoms with Gasteiger partial charge in [0.2, 0.25) is 0 Å². The van der Waals surface area contributed by atoms with E-state index in [4.69, 9.17) is 12.2 Å². The van der Waals surface area contributed by atoms with Gasteiger partial charge in [-0.25, -0.2) is 0 Å². The number of amides is 2. The largest absolute Gasteiger partial charge is 0.378 e. The number of aryl methyl sites for hydroxylation is 2. The lowest BCUT2D eigenvalue weighted by Gasteiger charge is -2.36. The summed E-state index contributed by atoms with van der Waals surface area (Å²) in [6.45, 7) is 4.00. The molecule has 6 heteroatoms. The van der Waals surface area contributed by atoms with Gasteiger partial charge in [0.15, 0.2) is 5.11 Å². The number of hydrogen-bond donors (Lipinski definition) is 0. The maximum absolute atomic E-state index is 13.6. The maximum atomic E-state index is 13.6. The third kappa shape index (κ3) is 4.30. The molecule has 0 spiro atoms. The minimum atomic E-state index is -0.437. The molecule has 0 aromatic heterocycles. The van der Waals surface area contributed by atoms with Gasteiger partial charge >= 0.3 is 0 Å². The topological polar surface area (TPSA) is 43.9 Å². The molecule has 166 valence electrons. The number of thiocarbonyl (C=S) groups is 1. The molecule has 0 unspecified atom stereocenters. The monoisotopic (exact) mass is 455 g/mol. The van der Waals surface area contributed by atoms with E-state index in [1.807, 2.05) is 106 Å². The molecule has 0 atom stereocenters. The Labute approximate surface area is 199 Å². The van der Waals surface area contributed by atoms with Gasteiger partial charge < -0.3 is 4.90 Å². The summed E-state index contributed by atoms with van der Waals surface area (Å²) in [7, 11) is 3.92. The van der Waals surface area contributed by atoms with E-state index < -0.39 is 11.8 Å². The van der Waals surface area contributed by atoms with E-state index in [2.05, 4.69) is 0 Å². The van der Waals surface area contributed by atoms with Crippen LogP contribution in [0.25, 0.3) is 6.08 Å². The maximum Gasteiger partial charge on any atom is 0.270 e. The fraction of sp³-hybridized carbons (Fsp3) is 0.148. The van der Waals surface area contributed by atoms with E-state index >= 15 is 0 Å². The third-order valence-electron chi connectivity index (χ3n) is 5.73. The first-order chi connectivity index (χ1) is 15.8. The van der Waals surface area contributed by atoms with Crippen LogP contribution in [0.15, 0.2) is 78.4 Å². The molecule has 0 N–H and O–H groups in total. The van der Waals surface area contributed by atoms with Crippen molar-refractivity contribution >= 4 is 52.3 Å². The van der Waals surface area contributed by atoms with Crippen LogP contribution in [0.2, 0.25) is 0 Å². The summed E-state index contributed by atoms with van der Waals surface area (Å²) in [6.07, 6.45) is 1.63. The van der Waals surface area contributed by atoms with Crippen LogP contribution in [0.3, 0.4) is 0 Å². The van der Waals surface area contributed by atoms with Crippen LogP contribution in [0.5, 0.6) is 0 Å². The summed E-state index contributed by atoms with van der Waals surface area (Å²) in [5, 5.41) is 0.138. The standard InChI is InChI=1S/C27H25N3O2S/c1-18-10-13-23(16-19(18)2)30-26(32)24(17-20-11-14-21(15-12-20)28(3)4)25(31)29(27(30)33)22-8-6-5-7-9-22/h5-17H,1-4H3. The fourth-order valence-electron chi connectivity index (χ4n) is 3.66. The van der Waals surface area contributed by atoms with Crippen LogP contribution in [-0.4, -0.2) is 31.0 Å². The summed E-state index contributed by atoms with van der Waals surface area (Å²) < 4.78 is 0. The Bertz CT molecular complexity index is 1260. The second-order valence-corrected chi connectivity index (χ2v) is 8.58. The van der Waals surface area contributed by atoms with Gasteiger partial charge in [0, 0.05) is 19.8 Å². The lowest BCUT2D eigenvalue weighted by molar-refractivity contribution is -0.120. The Morgan fingerprint density at radius 1 is 0.758 bits per heavy atom. The molecule has 0 bridgehead atoms. The average Bonchev–Trinajstić information content (AvgIpc) is 2.80. The lowest BCUT2D eigenvalue weighted by Crippen LogP contribution is -2.57. The van der Waals surface area contributed by atoms with Crippen LogP contribution < -0.4 is 14.7 Å². The first-order valence-corrected chi connectivity index (χ1v) is 11.0. The van der Waals surface area contributed by atoms with Gasteiger partial charge in [-0.1, -0.05) is 36.4 Å². The average molecular weight is 456 g/mol. The highest BCUT2D eigenvalue weighted by Gasteiger charge is 2.41. The van der Waals surface area contributed by atoms with Crippen molar-refractivity contribution in [3.63, 3.8) is 0 Å². The highest BCUT2D eigenvalue weighted by atomic mass is 32.1. The summed E-state index contributed by atoms with van der Waals surface area (Å²) in [4.78, 5) is 32.0. The van der Waals surface area contributed by atoms with Crippen molar-refractivity contribution in [2.75, 3.05) is 28.8 Å². The molecule has 1 aliphatic rings. The van der Waals surface area contributed by atoms with E-state index in [0.717, 1.165) is 22.4 Å². The number of anilines is 3. The van der Waals surface area contributed by atoms with Crippen LogP contribution in [0.1, 0.15) is 16.7 Å². The van der Waals surface area contributed by atoms with Crippen molar-refractivity contribution in [2.24, 2.45) is 0 Å². The zero-order chi connectivity index (χ0) is 23.7. The third-order valence-corrected chi connectivity index (χ3v) is 6.10. The van der Waals surface area contributed by atoms with Crippen molar-refractivity contribution in [3.8, 4) is 0 Å². The Morgan fingerprint density at radius 2 is 1.36 bits per heavy atom. The zero-order valence-electron chi connectivity index (χ0n) is 19.1. The van der Waals surface area contributed by atoms with Crippen molar-refractivity contribution < 1.29 is 9.59 Å². The Balaban J connectivity index is 1.84. The van der Waals surface area contributed by atoms with E-state index in [1.165, 1.54) is 9.80 Å². The minimum absolute atomic E-state index is 0.0586. The van der Waals surface area contributed by atoms with Crippen molar-refractivity contribution in [1.29, 1.82) is 0 Å². The highest BCUT2D eigenvalue weighted by molar-refractivity contribution is 7.81. The number of rotatable bonds is 4. The van der Waals surface area contributed by atoms with E-state index in [0.29, 0.717) is 11.4 Å². The molecule has 1 heterocycles. The number of para-hydroxylation sites is 1. The number of carbonyl (C=O) groups is 2. The zero-order valence-corrected chi connectivity index (χ0v) is 19.9. The molecular weight excluding hydrogens is 430 g/mol. The fourth-order valence-corrected chi connectivity index (χ4v) is 4.04. The van der Waals surface area contributed by atoms with Gasteiger partial charge in [0.25, 0.3) is 11.8 Å². The van der Waals surface area contributed by atoms with E-state index in [9.17, 15) is 9.59 Å². The van der Waals surface area contributed by atoms with Crippen LogP contribution in [0.4, 0.5) is 17.1 Å². The Morgan fingerprint density at radius 3 is 1.94 bits per heavy atom. The quantitative estimate of drug-likeness (QED) is 0.311. The van der Waals surface area contributed by atoms with Gasteiger partial charge in [0.1, 0.15) is 5.57 Å². The number of nitrogens with zero attached hydrogens (tertiary/aromatic N) is 3. The molecule has 4 rings (SSSR count). The summed E-state index contributed by atoms with van der Waals surface area (Å²) in [6, 6.07) is 22.6. The first kappa shape index (κ1) is 22.4. The molecule has 1 fully saturated rings. The Hall–Kier alpha value is -3.77. The van der Waals surface area contributed by atoms with Gasteiger partial charge in [-0.05, 0) is 85.2 Å². The van der Waals surface area contributed by atoms with Crippen molar-refractivity contribution in [1.82, 2.24) is 0 Å². The molecule has 33 heavy (non-hydrogen) atoms. The lowest BCUT2D eigenvalue weighted by atomic mass is 10.0. The molecule has 0 aliphatic carbocycles. The number of benzene rings is 3. The second-order valence-electron chi connectivity index (χ2n) is 8.21. The molecular formula is C27H25N3O2S. The molecule has 1 saturated heterocycles. The predicted octanol–water partition coefficient (Wildman–Crippen LogP) is 5.12. The molecule has 1 aliphatic heterocycles. The first-order valence-electron chi connectivity index (χ1n) is 10.6. The van der Waals surface area contributed by atoms with Crippen molar-refractivity contribution in [3.05, 3.63) is 95.1 Å². The van der Waals surface area contributed by atoms with Crippen molar-refractivity contribution in [2.45, 2.75) is 13.8 Å². The summed E-state index contributed by atoms with van der Waals surface area (Å²) in [5.41, 5.74) is 5.25. The number of carbonyl (C=O) groups excluding carboxylic acids is 2. The Kier molecular flexibility index (Phi) is 6.11. The molecule has 0 saturated carbocycles. The summed E-state index contributed by atoms with van der Waals surface area (Å²) in [5.74, 6) is -0.870. The van der Waals surface area contributed by atoms with E-state index in [1.54, 1.807) is 6.08 Å². The van der Waals surface area contributed by atoms with Crippen LogP contribution in [-0.2, 0) is 9.59 Å². The molecule has 5 nitrogen and oxygen atoms in total. The molecule has 3 aromatic carbocycles. The van der Waals surface area contributed by atoms with Gasteiger partial charge in [-0.2, -0.15) is 0 Å². The van der Waals surface area contributed by atoms with Crippen LogP contribution in [0, 0.1) is 13.8 Å². The molecule has 0 radical (unpaired) electrons. The molecule has 3 aromatic rings. The molecule has 2 amide bonds. The highest BCUT2D eigenvalue weighted by Crippen LogP contribution is 2.31.